The Morgan fingerprint density at radius 1 is 1.50 bits per heavy atom. The van der Waals surface area contributed by atoms with E-state index in [2.05, 4.69) is 0 Å². The molecule has 18 heavy (non-hydrogen) atoms. The first-order valence-corrected chi connectivity index (χ1v) is 6.20. The molecule has 1 aromatic rings. The minimum Gasteiger partial charge on any atom is -0.393 e. The summed E-state index contributed by atoms with van der Waals surface area (Å²) in [7, 11) is 0. The maximum absolute atomic E-state index is 13.1. The highest BCUT2D eigenvalue weighted by Gasteiger charge is 2.15. The van der Waals surface area contributed by atoms with Crippen LogP contribution in [0.3, 0.4) is 0 Å². The van der Waals surface area contributed by atoms with Crippen LogP contribution in [0.5, 0.6) is 0 Å². The zero-order valence-corrected chi connectivity index (χ0v) is 11.4. The van der Waals surface area contributed by atoms with Crippen LogP contribution >= 0.6 is 12.2 Å². The van der Waals surface area contributed by atoms with Gasteiger partial charge >= 0.3 is 0 Å². The van der Waals surface area contributed by atoms with E-state index in [-0.39, 0.29) is 11.7 Å². The molecule has 0 atom stereocenters. The Kier molecular flexibility index (Phi) is 5.22. The average Bonchev–Trinajstić information content (AvgIpc) is 2.32. The first kappa shape index (κ1) is 14.6. The fourth-order valence-electron chi connectivity index (χ4n) is 1.61. The first-order valence-electron chi connectivity index (χ1n) is 5.79. The number of carbonyl (C=O) groups is 1. The molecular formula is C13H17FN2OS. The third kappa shape index (κ3) is 3.77. The maximum Gasteiger partial charge on any atom is 0.253 e. The molecule has 2 N–H and O–H groups in total. The van der Waals surface area contributed by atoms with Crippen LogP contribution in [0, 0.1) is 12.7 Å². The number of thiocarbonyl (C=S) groups is 1. The van der Waals surface area contributed by atoms with E-state index in [1.54, 1.807) is 17.9 Å². The largest absolute Gasteiger partial charge is 0.393 e. The lowest BCUT2D eigenvalue weighted by molar-refractivity contribution is 0.0769. The van der Waals surface area contributed by atoms with Crippen LogP contribution in [0.25, 0.3) is 0 Å². The Bertz CT molecular complexity index is 462. The standard InChI is InChI=1S/C13H17FN2OS/c1-3-16(7-6-12(15)18)13(17)10-4-5-11(14)9(2)8-10/h4-5,8H,3,6-7H2,1-2H3,(H2,15,18). The third-order valence-electron chi connectivity index (χ3n) is 2.70. The lowest BCUT2D eigenvalue weighted by Gasteiger charge is -2.20. The molecule has 0 saturated carbocycles. The van der Waals surface area contributed by atoms with Crippen molar-refractivity contribution >= 4 is 23.1 Å². The van der Waals surface area contributed by atoms with Gasteiger partial charge in [-0.1, -0.05) is 12.2 Å². The number of rotatable bonds is 5. The van der Waals surface area contributed by atoms with Gasteiger partial charge in [-0.25, -0.2) is 4.39 Å². The number of nitrogens with zero attached hydrogens (tertiary/aromatic N) is 1. The van der Waals surface area contributed by atoms with Gasteiger partial charge in [0.1, 0.15) is 5.82 Å². The van der Waals surface area contributed by atoms with Crippen molar-refractivity contribution in [1.29, 1.82) is 0 Å². The molecule has 1 amide bonds. The van der Waals surface area contributed by atoms with Crippen LogP contribution in [0.4, 0.5) is 4.39 Å². The molecule has 0 spiro atoms. The fourth-order valence-corrected chi connectivity index (χ4v) is 1.70. The quantitative estimate of drug-likeness (QED) is 0.833. The molecule has 0 heterocycles. The second-order valence-electron chi connectivity index (χ2n) is 4.07. The van der Waals surface area contributed by atoms with E-state index in [9.17, 15) is 9.18 Å². The Labute approximate surface area is 112 Å². The highest BCUT2D eigenvalue weighted by molar-refractivity contribution is 7.80. The fraction of sp³-hybridized carbons (Fsp3) is 0.385. The second-order valence-corrected chi connectivity index (χ2v) is 4.59. The first-order chi connectivity index (χ1) is 8.45. The summed E-state index contributed by atoms with van der Waals surface area (Å²) >= 11 is 4.79. The van der Waals surface area contributed by atoms with Gasteiger partial charge in [0.2, 0.25) is 0 Å². The molecule has 98 valence electrons. The minimum atomic E-state index is -0.308. The average molecular weight is 268 g/mol. The maximum atomic E-state index is 13.1. The highest BCUT2D eigenvalue weighted by atomic mass is 32.1. The number of aryl methyl sites for hydroxylation is 1. The number of hydrogen-bond donors (Lipinski definition) is 1. The van der Waals surface area contributed by atoms with E-state index in [1.807, 2.05) is 6.92 Å². The summed E-state index contributed by atoms with van der Waals surface area (Å²) in [5.74, 6) is -0.436. The monoisotopic (exact) mass is 268 g/mol. The van der Waals surface area contributed by atoms with Crippen LogP contribution in [-0.2, 0) is 0 Å². The van der Waals surface area contributed by atoms with Gasteiger partial charge in [0.15, 0.2) is 0 Å². The summed E-state index contributed by atoms with van der Waals surface area (Å²) in [5, 5.41) is 0. The number of benzene rings is 1. The Morgan fingerprint density at radius 2 is 2.17 bits per heavy atom. The molecule has 0 saturated heterocycles. The number of carbonyl (C=O) groups excluding carboxylic acids is 1. The summed E-state index contributed by atoms with van der Waals surface area (Å²) < 4.78 is 13.1. The summed E-state index contributed by atoms with van der Waals surface area (Å²) in [5.41, 5.74) is 6.37. The van der Waals surface area contributed by atoms with Gasteiger partial charge in [0.05, 0.1) is 4.99 Å². The van der Waals surface area contributed by atoms with Crippen LogP contribution in [0.15, 0.2) is 18.2 Å². The van der Waals surface area contributed by atoms with Crippen molar-refractivity contribution in [2.45, 2.75) is 20.3 Å². The van der Waals surface area contributed by atoms with Gasteiger partial charge in [-0.3, -0.25) is 4.79 Å². The van der Waals surface area contributed by atoms with Gasteiger partial charge in [0.25, 0.3) is 5.91 Å². The second kappa shape index (κ2) is 6.44. The van der Waals surface area contributed by atoms with Crippen LogP contribution in [-0.4, -0.2) is 28.9 Å². The van der Waals surface area contributed by atoms with E-state index in [0.717, 1.165) is 0 Å². The van der Waals surface area contributed by atoms with E-state index in [4.69, 9.17) is 18.0 Å². The molecule has 0 fully saturated rings. The van der Waals surface area contributed by atoms with Crippen molar-refractivity contribution in [3.63, 3.8) is 0 Å². The van der Waals surface area contributed by atoms with E-state index < -0.39 is 0 Å². The highest BCUT2D eigenvalue weighted by Crippen LogP contribution is 2.11. The Balaban J connectivity index is 2.82. The lowest BCUT2D eigenvalue weighted by atomic mass is 10.1. The van der Waals surface area contributed by atoms with Crippen molar-refractivity contribution in [2.75, 3.05) is 13.1 Å². The minimum absolute atomic E-state index is 0.128. The van der Waals surface area contributed by atoms with E-state index in [0.29, 0.717) is 35.6 Å². The Morgan fingerprint density at radius 3 is 2.67 bits per heavy atom. The summed E-state index contributed by atoms with van der Waals surface area (Å²) in [4.78, 5) is 14.2. The van der Waals surface area contributed by atoms with Crippen LogP contribution in [0.2, 0.25) is 0 Å². The molecule has 1 rings (SSSR count). The van der Waals surface area contributed by atoms with Crippen molar-refractivity contribution < 1.29 is 9.18 Å². The molecule has 1 aromatic carbocycles. The van der Waals surface area contributed by atoms with E-state index in [1.165, 1.54) is 12.1 Å². The lowest BCUT2D eigenvalue weighted by Crippen LogP contribution is -2.33. The van der Waals surface area contributed by atoms with Gasteiger partial charge in [-0.15, -0.1) is 0 Å². The SMILES string of the molecule is CCN(CCC(N)=S)C(=O)c1ccc(F)c(C)c1. The zero-order chi connectivity index (χ0) is 13.7. The predicted octanol–water partition coefficient (Wildman–Crippen LogP) is 2.27. The molecule has 0 aliphatic heterocycles. The number of nitrogens with two attached hydrogens (primary N) is 1. The number of halogens is 1. The molecule has 5 heteroatoms. The smallest absolute Gasteiger partial charge is 0.253 e. The normalized spacial score (nSPS) is 10.2. The summed E-state index contributed by atoms with van der Waals surface area (Å²) in [6.45, 7) is 4.57. The molecule has 0 aromatic heterocycles. The van der Waals surface area contributed by atoms with Crippen molar-refractivity contribution in [3.8, 4) is 0 Å². The van der Waals surface area contributed by atoms with E-state index >= 15 is 0 Å². The van der Waals surface area contributed by atoms with Crippen molar-refractivity contribution in [3.05, 3.63) is 35.1 Å². The number of hydrogen-bond acceptors (Lipinski definition) is 2. The molecule has 0 radical (unpaired) electrons. The van der Waals surface area contributed by atoms with Gasteiger partial charge in [-0.2, -0.15) is 0 Å². The molecule has 3 nitrogen and oxygen atoms in total. The van der Waals surface area contributed by atoms with Gasteiger partial charge in [-0.05, 0) is 37.6 Å². The molecule has 0 aliphatic rings. The third-order valence-corrected chi connectivity index (χ3v) is 2.91. The summed E-state index contributed by atoms with van der Waals surface area (Å²) in [6, 6.07) is 4.36. The molecule has 0 bridgehead atoms. The summed E-state index contributed by atoms with van der Waals surface area (Å²) in [6.07, 6.45) is 0.495. The predicted molar refractivity (Wildman–Crippen MR) is 74.1 cm³/mol. The topological polar surface area (TPSA) is 46.3 Å². The van der Waals surface area contributed by atoms with Crippen molar-refractivity contribution in [2.24, 2.45) is 5.73 Å². The van der Waals surface area contributed by atoms with Crippen LogP contribution < -0.4 is 5.73 Å². The molecular weight excluding hydrogens is 251 g/mol. The Hall–Kier alpha value is -1.49. The van der Waals surface area contributed by atoms with Crippen molar-refractivity contribution in [1.82, 2.24) is 4.90 Å². The number of amides is 1. The zero-order valence-electron chi connectivity index (χ0n) is 10.6. The van der Waals surface area contributed by atoms with Gasteiger partial charge in [0, 0.05) is 25.1 Å². The van der Waals surface area contributed by atoms with Gasteiger partial charge < -0.3 is 10.6 Å². The molecule has 0 aliphatic carbocycles. The molecule has 0 unspecified atom stereocenters. The van der Waals surface area contributed by atoms with Crippen LogP contribution in [0.1, 0.15) is 29.3 Å².